The molecule has 1 saturated carbocycles. The van der Waals surface area contributed by atoms with Crippen molar-refractivity contribution in [3.8, 4) is 16.2 Å². The molecule has 0 spiro atoms. The molecule has 3 aliphatic heterocycles. The first-order valence-electron chi connectivity index (χ1n) is 24.5. The lowest BCUT2D eigenvalue weighted by Crippen LogP contribution is -2.74. The quantitative estimate of drug-likeness (QED) is 0.101. The zero-order valence-corrected chi connectivity index (χ0v) is 43.7. The van der Waals surface area contributed by atoms with Gasteiger partial charge in [-0.25, -0.2) is 14.8 Å². The first kappa shape index (κ1) is 51.7. The molecule has 4 atom stereocenters. The minimum absolute atomic E-state index is 0.00614. The lowest BCUT2D eigenvalue weighted by molar-refractivity contribution is -0.164. The second kappa shape index (κ2) is 20.5. The molecule has 4 aromatic rings. The third-order valence-corrected chi connectivity index (χ3v) is 16.2. The average Bonchev–Trinajstić information content (AvgIpc) is 3.93. The number of aromatic nitrogens is 2. The van der Waals surface area contributed by atoms with E-state index in [1.807, 2.05) is 76.5 Å². The van der Waals surface area contributed by atoms with Crippen LogP contribution in [0.5, 0.6) is 5.75 Å². The first-order chi connectivity index (χ1) is 33.5. The van der Waals surface area contributed by atoms with Crippen LogP contribution in [0.4, 0.5) is 11.5 Å². The van der Waals surface area contributed by atoms with E-state index < -0.39 is 23.6 Å². The number of piperazine rings is 1. The van der Waals surface area contributed by atoms with Crippen LogP contribution in [0.1, 0.15) is 89.5 Å². The molecular weight excluding hydrogens is 940 g/mol. The van der Waals surface area contributed by atoms with Gasteiger partial charge in [0.25, 0.3) is 5.91 Å². The predicted octanol–water partition coefficient (Wildman–Crippen LogP) is 6.51. The number of aliphatic hydroxyl groups excluding tert-OH is 1. The van der Waals surface area contributed by atoms with Gasteiger partial charge in [-0.15, -0.1) is 11.3 Å². The Kier molecular flexibility index (Phi) is 14.9. The predicted molar refractivity (Wildman–Crippen MR) is 276 cm³/mol. The lowest BCUT2D eigenvalue weighted by atomic mass is 9.49. The van der Waals surface area contributed by atoms with Crippen LogP contribution in [0.3, 0.4) is 0 Å². The molecule has 1 unspecified atom stereocenters. The Balaban J connectivity index is 0.776. The summed E-state index contributed by atoms with van der Waals surface area (Å²) in [7, 11) is 0. The first-order valence-corrected chi connectivity index (χ1v) is 25.7. The van der Waals surface area contributed by atoms with Gasteiger partial charge in [-0.3, -0.25) is 29.0 Å². The SMILES string of the molecule is [C-]#[N+]c1ccc(OC2C(C)(C)C(NC(=O)c3ccc(N4CC(N5CCN(CC(=O)N[C@H](C(=O)N6C[C@H](O)CC6C(=O)N[C@@H](C)c6ccc(-c7scnc7C)cc6)C(C)(C)C)CC5)C4)nc3)C2(C)C)cc1Cl. The number of likely N-dealkylation sites (tertiary alicyclic amines) is 1. The molecule has 5 heterocycles. The van der Waals surface area contributed by atoms with Crippen LogP contribution >= 0.6 is 22.9 Å². The van der Waals surface area contributed by atoms with Crippen molar-refractivity contribution in [1.29, 1.82) is 0 Å². The maximum absolute atomic E-state index is 14.3. The molecule has 18 heteroatoms. The Morgan fingerprint density at radius 3 is 2.24 bits per heavy atom. The van der Waals surface area contributed by atoms with Crippen molar-refractivity contribution >= 4 is 58.1 Å². The van der Waals surface area contributed by atoms with Crippen molar-refractivity contribution in [3.05, 3.63) is 99.6 Å². The molecule has 4 fully saturated rings. The van der Waals surface area contributed by atoms with Crippen molar-refractivity contribution in [2.75, 3.05) is 57.3 Å². The van der Waals surface area contributed by atoms with Crippen LogP contribution in [0, 0.1) is 29.7 Å². The summed E-state index contributed by atoms with van der Waals surface area (Å²) >= 11 is 7.85. The third kappa shape index (κ3) is 10.9. The minimum Gasteiger partial charge on any atom is -0.489 e. The lowest BCUT2D eigenvalue weighted by Gasteiger charge is -2.63. The number of amides is 4. The van der Waals surface area contributed by atoms with Crippen molar-refractivity contribution in [1.82, 2.24) is 40.6 Å². The molecule has 4 amide bonds. The van der Waals surface area contributed by atoms with Gasteiger partial charge in [0.1, 0.15) is 29.8 Å². The van der Waals surface area contributed by atoms with E-state index in [9.17, 15) is 24.3 Å². The molecule has 2 aromatic heterocycles. The molecule has 378 valence electrons. The topological polar surface area (TPSA) is 177 Å². The van der Waals surface area contributed by atoms with E-state index in [-0.39, 0.29) is 72.2 Å². The van der Waals surface area contributed by atoms with Crippen molar-refractivity contribution in [2.45, 2.75) is 111 Å². The Morgan fingerprint density at radius 2 is 1.65 bits per heavy atom. The number of nitrogens with zero attached hydrogens (tertiary/aromatic N) is 7. The van der Waals surface area contributed by atoms with Crippen LogP contribution in [0.25, 0.3) is 15.3 Å². The monoisotopic (exact) mass is 1010 g/mol. The molecule has 71 heavy (non-hydrogen) atoms. The second-order valence-electron chi connectivity index (χ2n) is 21.9. The number of benzene rings is 2. The smallest absolute Gasteiger partial charge is 0.253 e. The highest BCUT2D eigenvalue weighted by atomic mass is 35.5. The second-order valence-corrected chi connectivity index (χ2v) is 23.2. The Bertz CT molecular complexity index is 2630. The summed E-state index contributed by atoms with van der Waals surface area (Å²) in [5, 5.41) is 20.4. The van der Waals surface area contributed by atoms with E-state index in [4.69, 9.17) is 22.9 Å². The number of aliphatic hydroxyl groups is 1. The summed E-state index contributed by atoms with van der Waals surface area (Å²) < 4.78 is 6.39. The van der Waals surface area contributed by atoms with Crippen LogP contribution in [-0.2, 0) is 14.4 Å². The number of pyridine rings is 1. The summed E-state index contributed by atoms with van der Waals surface area (Å²) in [6.07, 6.45) is 0.670. The van der Waals surface area contributed by atoms with Crippen molar-refractivity contribution in [2.24, 2.45) is 16.2 Å². The number of thiazole rings is 1. The minimum atomic E-state index is -0.909. The largest absolute Gasteiger partial charge is 0.489 e. The Labute approximate surface area is 426 Å². The Morgan fingerprint density at radius 1 is 0.958 bits per heavy atom. The number of carbonyl (C=O) groups excluding carboxylic acids is 4. The molecule has 0 bridgehead atoms. The van der Waals surface area contributed by atoms with E-state index in [1.165, 1.54) is 4.90 Å². The van der Waals surface area contributed by atoms with Gasteiger partial charge in [0.2, 0.25) is 23.4 Å². The average molecular weight is 1010 g/mol. The van der Waals surface area contributed by atoms with Crippen molar-refractivity contribution in [3.63, 3.8) is 0 Å². The molecule has 16 nitrogen and oxygen atoms in total. The van der Waals surface area contributed by atoms with Gasteiger partial charge in [-0.1, -0.05) is 90.4 Å². The molecule has 4 aliphatic rings. The van der Waals surface area contributed by atoms with Crippen LogP contribution < -0.4 is 25.6 Å². The number of halogens is 1. The van der Waals surface area contributed by atoms with Gasteiger partial charge in [0.05, 0.1) is 51.9 Å². The fraction of sp³-hybridized carbons (Fsp3) is 0.528. The van der Waals surface area contributed by atoms with Gasteiger partial charge in [-0.05, 0) is 54.7 Å². The molecule has 1 aliphatic carbocycles. The standard InChI is InChI=1S/C53H67ClN10O6S/c1-31(33-11-13-34(14-12-33)44-32(2)57-30-71-44)58-47(68)41-23-37(65)28-64(41)48(69)45(51(3,4)5)59-43(66)29-61-19-21-62(22-20-61)36-26-63(27-36)42-18-15-35(25-56-42)46(67)60-49-52(6,7)50(53(49,8)9)70-38-16-17-40(55-10)39(54)24-38/h11-18,24-25,30-31,36-37,41,45,49-50,65H,19-23,26-29H2,1-9H3,(H,58,68)(H,59,66)(H,60,67)/t31-,37+,41?,45+,49?,50?/m0/s1. The number of β-amino-alcohol motifs (C(OH)–C–C–N with tert-alkyl or cyclic N) is 1. The fourth-order valence-corrected chi connectivity index (χ4v) is 12.1. The van der Waals surface area contributed by atoms with Gasteiger partial charge < -0.3 is 35.6 Å². The molecule has 4 N–H and O–H groups in total. The van der Waals surface area contributed by atoms with Gasteiger partial charge in [-0.2, -0.15) is 0 Å². The third-order valence-electron chi connectivity index (χ3n) is 15.0. The van der Waals surface area contributed by atoms with Crippen LogP contribution in [0.2, 0.25) is 5.02 Å². The number of hydrogen-bond acceptors (Lipinski definition) is 12. The molecule has 3 saturated heterocycles. The summed E-state index contributed by atoms with van der Waals surface area (Å²) in [4.78, 5) is 76.9. The van der Waals surface area contributed by atoms with Crippen LogP contribution in [-0.4, -0.2) is 142 Å². The number of anilines is 1. The normalized spacial score (nSPS) is 23.1. The zero-order chi connectivity index (χ0) is 51.2. The summed E-state index contributed by atoms with van der Waals surface area (Å²) in [5.41, 5.74) is 4.17. The number of nitrogens with one attached hydrogen (secondary N) is 3. The molecular formula is C53H67ClN10O6S. The summed E-state index contributed by atoms with van der Waals surface area (Å²) in [5.74, 6) is 0.202. The number of aryl methyl sites for hydroxylation is 1. The maximum Gasteiger partial charge on any atom is 0.253 e. The zero-order valence-electron chi connectivity index (χ0n) is 42.2. The van der Waals surface area contributed by atoms with Crippen molar-refractivity contribution < 1.29 is 29.0 Å². The van der Waals surface area contributed by atoms with Gasteiger partial charge in [0, 0.05) is 81.3 Å². The molecule has 0 radical (unpaired) electrons. The molecule has 8 rings (SSSR count). The summed E-state index contributed by atoms with van der Waals surface area (Å²) in [6, 6.07) is 14.8. The van der Waals surface area contributed by atoms with E-state index in [0.29, 0.717) is 41.2 Å². The van der Waals surface area contributed by atoms with Gasteiger partial charge in [0.15, 0.2) is 0 Å². The van der Waals surface area contributed by atoms with Crippen LogP contribution in [0.15, 0.2) is 66.3 Å². The van der Waals surface area contributed by atoms with E-state index in [1.54, 1.807) is 35.7 Å². The van der Waals surface area contributed by atoms with E-state index in [2.05, 4.69) is 73.2 Å². The highest BCUT2D eigenvalue weighted by Crippen LogP contribution is 2.56. The van der Waals surface area contributed by atoms with E-state index >= 15 is 0 Å². The van der Waals surface area contributed by atoms with Gasteiger partial charge >= 0.3 is 0 Å². The summed E-state index contributed by atoms with van der Waals surface area (Å²) in [6.45, 7) is 29.8. The highest BCUT2D eigenvalue weighted by Gasteiger charge is 2.64. The number of hydrogen-bond donors (Lipinski definition) is 4. The molecule has 2 aromatic carbocycles. The number of ether oxygens (including phenoxy) is 1. The highest BCUT2D eigenvalue weighted by molar-refractivity contribution is 7.13. The Hall–Kier alpha value is -5.64. The number of rotatable bonds is 14. The maximum atomic E-state index is 14.3. The fourth-order valence-electron chi connectivity index (χ4n) is 11.1. The number of carbonyl (C=O) groups is 4. The van der Waals surface area contributed by atoms with E-state index in [0.717, 1.165) is 53.7 Å².